The zero-order valence-corrected chi connectivity index (χ0v) is 13.2. The maximum absolute atomic E-state index is 12.1. The number of nitrogens with zero attached hydrogens (tertiary/aromatic N) is 3. The summed E-state index contributed by atoms with van der Waals surface area (Å²) in [6, 6.07) is 14.9. The van der Waals surface area contributed by atoms with Gasteiger partial charge in [0.2, 0.25) is 5.89 Å². The molecule has 23 heavy (non-hydrogen) atoms. The van der Waals surface area contributed by atoms with E-state index < -0.39 is 0 Å². The van der Waals surface area contributed by atoms with Crippen molar-refractivity contribution in [1.82, 2.24) is 10.2 Å². The number of halogens is 1. The molecular weight excluding hydrogens is 360 g/mol. The van der Waals surface area contributed by atoms with Gasteiger partial charge in [0.15, 0.2) is 0 Å². The minimum atomic E-state index is -0.294. The van der Waals surface area contributed by atoms with Crippen LogP contribution in [0, 0.1) is 0 Å². The zero-order valence-electron chi connectivity index (χ0n) is 11.7. The van der Waals surface area contributed by atoms with Gasteiger partial charge in [0.25, 0.3) is 5.91 Å². The lowest BCUT2D eigenvalue weighted by Crippen LogP contribution is -2.13. The van der Waals surface area contributed by atoms with Gasteiger partial charge in [-0.05, 0) is 30.3 Å². The van der Waals surface area contributed by atoms with Crippen molar-refractivity contribution in [2.75, 3.05) is 5.32 Å². The molecule has 0 spiro atoms. The fourth-order valence-corrected chi connectivity index (χ4v) is 2.65. The summed E-state index contributed by atoms with van der Waals surface area (Å²) >= 11 is 3.39. The summed E-state index contributed by atoms with van der Waals surface area (Å²) in [5.74, 6) is 0.0652. The van der Waals surface area contributed by atoms with Gasteiger partial charge in [0.05, 0.1) is 5.69 Å². The number of aliphatic imine (C=N–C) groups is 1. The van der Waals surface area contributed by atoms with Gasteiger partial charge in [0.1, 0.15) is 5.71 Å². The van der Waals surface area contributed by atoms with E-state index in [1.54, 1.807) is 0 Å². The standard InChI is InChI=1S/C16H9BrN4O2/c17-10-6-7-12-11(8-10)13(14(22)18-12)19-16-21-20-15(23-16)9-4-2-1-3-5-9/h1-8H,(H,18,19,21,22). The summed E-state index contributed by atoms with van der Waals surface area (Å²) in [6.07, 6.45) is 0. The van der Waals surface area contributed by atoms with Gasteiger partial charge in [-0.1, -0.05) is 39.2 Å². The van der Waals surface area contributed by atoms with Crippen LogP contribution in [-0.4, -0.2) is 21.8 Å². The average molecular weight is 369 g/mol. The molecule has 0 atom stereocenters. The van der Waals surface area contributed by atoms with Crippen LogP contribution in [0.5, 0.6) is 0 Å². The molecule has 1 aliphatic heterocycles. The number of carbonyl (C=O) groups excluding carboxylic acids is 1. The van der Waals surface area contributed by atoms with E-state index in [4.69, 9.17) is 4.42 Å². The molecule has 0 unspecified atom stereocenters. The molecule has 7 heteroatoms. The van der Waals surface area contributed by atoms with Crippen LogP contribution >= 0.6 is 15.9 Å². The minimum Gasteiger partial charge on any atom is -0.402 e. The Morgan fingerprint density at radius 3 is 2.74 bits per heavy atom. The van der Waals surface area contributed by atoms with Gasteiger partial charge in [-0.25, -0.2) is 0 Å². The summed E-state index contributed by atoms with van der Waals surface area (Å²) in [5, 5.41) is 10.6. The SMILES string of the molecule is O=C1Nc2ccc(Br)cc2/C1=N\c1nnc(-c2ccccc2)o1. The number of carbonyl (C=O) groups is 1. The molecule has 0 fully saturated rings. The molecule has 6 nitrogen and oxygen atoms in total. The Labute approximate surface area is 139 Å². The molecule has 2 aromatic carbocycles. The van der Waals surface area contributed by atoms with Crippen LogP contribution in [0.3, 0.4) is 0 Å². The molecule has 1 aromatic heterocycles. The Balaban J connectivity index is 1.73. The number of benzene rings is 2. The van der Waals surface area contributed by atoms with Gasteiger partial charge in [-0.2, -0.15) is 4.99 Å². The first kappa shape index (κ1) is 13.8. The highest BCUT2D eigenvalue weighted by Crippen LogP contribution is 2.29. The first-order chi connectivity index (χ1) is 11.2. The smallest absolute Gasteiger partial charge is 0.343 e. The largest absolute Gasteiger partial charge is 0.402 e. The molecule has 112 valence electrons. The lowest BCUT2D eigenvalue weighted by Gasteiger charge is -1.97. The number of amides is 1. The highest BCUT2D eigenvalue weighted by atomic mass is 79.9. The third-order valence-corrected chi connectivity index (χ3v) is 3.84. The van der Waals surface area contributed by atoms with Crippen molar-refractivity contribution in [1.29, 1.82) is 0 Å². The van der Waals surface area contributed by atoms with Crippen molar-refractivity contribution in [2.24, 2.45) is 4.99 Å². The maximum atomic E-state index is 12.1. The van der Waals surface area contributed by atoms with E-state index in [1.807, 2.05) is 48.5 Å². The molecule has 2 heterocycles. The topological polar surface area (TPSA) is 80.4 Å². The van der Waals surface area contributed by atoms with Gasteiger partial charge >= 0.3 is 6.01 Å². The van der Waals surface area contributed by atoms with Crippen LogP contribution in [0.25, 0.3) is 11.5 Å². The number of nitrogens with one attached hydrogen (secondary N) is 1. The van der Waals surface area contributed by atoms with E-state index in [0.717, 1.165) is 10.0 Å². The Morgan fingerprint density at radius 1 is 1.09 bits per heavy atom. The molecule has 1 aliphatic rings. The molecule has 0 saturated carbocycles. The quantitative estimate of drug-likeness (QED) is 0.749. The average Bonchev–Trinajstić information content (AvgIpc) is 3.15. The Hall–Kier alpha value is -2.80. The highest BCUT2D eigenvalue weighted by molar-refractivity contribution is 9.10. The van der Waals surface area contributed by atoms with E-state index in [2.05, 4.69) is 36.4 Å². The fourth-order valence-electron chi connectivity index (χ4n) is 2.29. The minimum absolute atomic E-state index is 0.0434. The molecule has 0 saturated heterocycles. The molecule has 3 aromatic rings. The summed E-state index contributed by atoms with van der Waals surface area (Å²) in [4.78, 5) is 16.3. The predicted octanol–water partition coefficient (Wildman–Crippen LogP) is 3.57. The Bertz CT molecular complexity index is 934. The monoisotopic (exact) mass is 368 g/mol. The molecular formula is C16H9BrN4O2. The number of fused-ring (bicyclic) bond motifs is 1. The van der Waals surface area contributed by atoms with Crippen LogP contribution in [0.2, 0.25) is 0 Å². The van der Waals surface area contributed by atoms with Crippen LogP contribution in [0.15, 0.2) is 62.4 Å². The van der Waals surface area contributed by atoms with Gasteiger partial charge in [-0.15, -0.1) is 5.10 Å². The van der Waals surface area contributed by atoms with Crippen LogP contribution in [0.4, 0.5) is 11.7 Å². The van der Waals surface area contributed by atoms with Crippen molar-refractivity contribution >= 4 is 39.3 Å². The third-order valence-electron chi connectivity index (χ3n) is 3.34. The normalized spacial score (nSPS) is 14.8. The summed E-state index contributed by atoms with van der Waals surface area (Å²) < 4.78 is 6.38. The summed E-state index contributed by atoms with van der Waals surface area (Å²) in [5.41, 5.74) is 2.46. The van der Waals surface area contributed by atoms with E-state index in [9.17, 15) is 4.79 Å². The molecule has 4 rings (SSSR count). The van der Waals surface area contributed by atoms with Crippen molar-refractivity contribution in [2.45, 2.75) is 0 Å². The predicted molar refractivity (Wildman–Crippen MR) is 88.7 cm³/mol. The van der Waals surface area contributed by atoms with Crippen LogP contribution in [0.1, 0.15) is 5.56 Å². The molecule has 0 radical (unpaired) electrons. The fraction of sp³-hybridized carbons (Fsp3) is 0. The number of rotatable bonds is 2. The number of anilines is 1. The summed E-state index contributed by atoms with van der Waals surface area (Å²) in [6.45, 7) is 0. The molecule has 0 bridgehead atoms. The molecule has 1 amide bonds. The Morgan fingerprint density at radius 2 is 1.91 bits per heavy atom. The van der Waals surface area contributed by atoms with E-state index in [1.165, 1.54) is 0 Å². The second-order valence-electron chi connectivity index (χ2n) is 4.86. The van der Waals surface area contributed by atoms with Crippen molar-refractivity contribution < 1.29 is 9.21 Å². The van der Waals surface area contributed by atoms with Crippen LogP contribution in [-0.2, 0) is 4.79 Å². The number of aromatic nitrogens is 2. The number of hydrogen-bond donors (Lipinski definition) is 1. The van der Waals surface area contributed by atoms with E-state index >= 15 is 0 Å². The lowest BCUT2D eigenvalue weighted by molar-refractivity contribution is -0.110. The van der Waals surface area contributed by atoms with Crippen molar-refractivity contribution in [3.63, 3.8) is 0 Å². The molecule has 0 aliphatic carbocycles. The second kappa shape index (κ2) is 5.44. The van der Waals surface area contributed by atoms with E-state index in [-0.39, 0.29) is 17.6 Å². The van der Waals surface area contributed by atoms with Crippen LogP contribution < -0.4 is 5.32 Å². The lowest BCUT2D eigenvalue weighted by atomic mass is 10.1. The number of hydrogen-bond acceptors (Lipinski definition) is 5. The second-order valence-corrected chi connectivity index (χ2v) is 5.78. The van der Waals surface area contributed by atoms with Crippen molar-refractivity contribution in [3.8, 4) is 11.5 Å². The van der Waals surface area contributed by atoms with Crippen molar-refractivity contribution in [3.05, 3.63) is 58.6 Å². The highest BCUT2D eigenvalue weighted by Gasteiger charge is 2.27. The zero-order chi connectivity index (χ0) is 15.8. The maximum Gasteiger partial charge on any atom is 0.343 e. The first-order valence-electron chi connectivity index (χ1n) is 6.79. The van der Waals surface area contributed by atoms with Gasteiger partial charge in [0, 0.05) is 15.6 Å². The van der Waals surface area contributed by atoms with Gasteiger partial charge < -0.3 is 9.73 Å². The molecule has 1 N–H and O–H groups in total. The third kappa shape index (κ3) is 2.55. The first-order valence-corrected chi connectivity index (χ1v) is 7.59. The van der Waals surface area contributed by atoms with E-state index in [0.29, 0.717) is 17.1 Å². The van der Waals surface area contributed by atoms with Gasteiger partial charge in [-0.3, -0.25) is 4.79 Å². The Kier molecular flexibility index (Phi) is 3.27. The summed E-state index contributed by atoms with van der Waals surface area (Å²) in [7, 11) is 0.